The van der Waals surface area contributed by atoms with Gasteiger partial charge in [0.15, 0.2) is 0 Å². The molecule has 0 aliphatic rings. The van der Waals surface area contributed by atoms with Gasteiger partial charge in [0.05, 0.1) is 7.11 Å². The Labute approximate surface area is 128 Å². The number of nitrogens with two attached hydrogens (primary N) is 1. The van der Waals surface area contributed by atoms with Gasteiger partial charge in [-0.1, -0.05) is 6.07 Å². The molecule has 0 aliphatic carbocycles. The summed E-state index contributed by atoms with van der Waals surface area (Å²) in [6, 6.07) is 2.04. The van der Waals surface area contributed by atoms with Crippen molar-refractivity contribution in [1.29, 1.82) is 0 Å². The maximum Gasteiger partial charge on any atom is 0.573 e. The minimum Gasteiger partial charge on any atom is -0.496 e. The molecule has 0 fully saturated rings. The van der Waals surface area contributed by atoms with Gasteiger partial charge < -0.3 is 15.2 Å². The number of rotatable bonds is 5. The fourth-order valence-corrected chi connectivity index (χ4v) is 1.67. The highest BCUT2D eigenvalue weighted by molar-refractivity contribution is 5.85. The lowest BCUT2D eigenvalue weighted by molar-refractivity contribution is -0.274. The number of halogens is 7. The van der Waals surface area contributed by atoms with Gasteiger partial charge in [-0.2, -0.15) is 13.2 Å². The average molecular weight is 354 g/mol. The first-order chi connectivity index (χ1) is 9.52. The smallest absolute Gasteiger partial charge is 0.496 e. The summed E-state index contributed by atoms with van der Waals surface area (Å²) in [7, 11) is 1.17. The van der Waals surface area contributed by atoms with E-state index >= 15 is 0 Å². The molecule has 0 aliphatic heterocycles. The van der Waals surface area contributed by atoms with Crippen LogP contribution in [0.25, 0.3) is 0 Å². The molecule has 0 unspecified atom stereocenters. The van der Waals surface area contributed by atoms with E-state index in [1.807, 2.05) is 0 Å². The molecule has 0 radical (unpaired) electrons. The highest BCUT2D eigenvalue weighted by Crippen LogP contribution is 2.34. The van der Waals surface area contributed by atoms with Crippen LogP contribution in [0.15, 0.2) is 18.2 Å². The van der Waals surface area contributed by atoms with Gasteiger partial charge in [0.1, 0.15) is 11.5 Å². The van der Waals surface area contributed by atoms with Crippen molar-refractivity contribution in [3.8, 4) is 11.5 Å². The molecule has 0 spiro atoms. The van der Waals surface area contributed by atoms with Crippen molar-refractivity contribution in [2.24, 2.45) is 5.73 Å². The first-order valence-corrected chi connectivity index (χ1v) is 5.78. The van der Waals surface area contributed by atoms with Crippen molar-refractivity contribution in [2.75, 3.05) is 7.11 Å². The summed E-state index contributed by atoms with van der Waals surface area (Å²) in [6.45, 7) is 0. The number of hydrogen-bond donors (Lipinski definition) is 1. The van der Waals surface area contributed by atoms with Crippen LogP contribution < -0.4 is 15.2 Å². The van der Waals surface area contributed by atoms with Crippen molar-refractivity contribution < 1.29 is 35.8 Å². The van der Waals surface area contributed by atoms with E-state index in [9.17, 15) is 26.3 Å². The van der Waals surface area contributed by atoms with Crippen LogP contribution in [-0.2, 0) is 0 Å². The minimum atomic E-state index is -4.87. The molecule has 0 saturated heterocycles. The van der Waals surface area contributed by atoms with Gasteiger partial charge in [0.2, 0.25) is 0 Å². The Hall–Kier alpha value is -1.35. The van der Waals surface area contributed by atoms with E-state index in [1.165, 1.54) is 7.11 Å². The molecule has 10 heteroatoms. The Morgan fingerprint density at radius 2 is 1.73 bits per heavy atom. The molecule has 1 aromatic carbocycles. The van der Waals surface area contributed by atoms with E-state index in [0.717, 1.165) is 18.2 Å². The van der Waals surface area contributed by atoms with E-state index in [2.05, 4.69) is 4.74 Å². The summed E-state index contributed by atoms with van der Waals surface area (Å²) in [6.07, 6.45) is -10.7. The van der Waals surface area contributed by atoms with Gasteiger partial charge in [0.25, 0.3) is 0 Å². The number of alkyl halides is 6. The second-order valence-corrected chi connectivity index (χ2v) is 4.21. The first kappa shape index (κ1) is 20.6. The maximum atomic E-state index is 12.1. The van der Waals surface area contributed by atoms with Crippen LogP contribution in [0.4, 0.5) is 26.3 Å². The summed E-state index contributed by atoms with van der Waals surface area (Å²) < 4.78 is 81.2. The minimum absolute atomic E-state index is 0. The van der Waals surface area contributed by atoms with Gasteiger partial charge in [-0.3, -0.25) is 0 Å². The molecule has 0 aromatic heterocycles. The zero-order valence-corrected chi connectivity index (χ0v) is 12.1. The van der Waals surface area contributed by atoms with Crippen LogP contribution in [-0.4, -0.2) is 19.6 Å². The largest absolute Gasteiger partial charge is 0.573 e. The van der Waals surface area contributed by atoms with Crippen molar-refractivity contribution in [3.05, 3.63) is 23.8 Å². The van der Waals surface area contributed by atoms with Crippen LogP contribution in [0.1, 0.15) is 24.4 Å². The lowest BCUT2D eigenvalue weighted by Gasteiger charge is -2.18. The summed E-state index contributed by atoms with van der Waals surface area (Å²) in [5.74, 6) is -0.599. The molecule has 0 amide bonds. The second kappa shape index (κ2) is 7.77. The Bertz CT molecular complexity index is 478. The molecule has 3 nitrogen and oxygen atoms in total. The van der Waals surface area contributed by atoms with Crippen LogP contribution in [0.3, 0.4) is 0 Å². The van der Waals surface area contributed by atoms with Gasteiger partial charge in [-0.25, -0.2) is 0 Å². The topological polar surface area (TPSA) is 44.5 Å². The quantitative estimate of drug-likeness (QED) is 0.800. The Balaban J connectivity index is 0.00000441. The number of ether oxygens (including phenoxy) is 2. The van der Waals surface area contributed by atoms with Crippen LogP contribution >= 0.6 is 12.4 Å². The van der Waals surface area contributed by atoms with Gasteiger partial charge in [-0.15, -0.1) is 25.6 Å². The molecule has 0 saturated carbocycles. The monoisotopic (exact) mass is 353 g/mol. The van der Waals surface area contributed by atoms with Crippen LogP contribution in [0.2, 0.25) is 0 Å². The summed E-state index contributed by atoms with van der Waals surface area (Å²) in [5, 5.41) is 0. The highest BCUT2D eigenvalue weighted by Gasteiger charge is 2.32. The maximum absolute atomic E-state index is 12.1. The molecule has 128 valence electrons. The SMILES string of the molecule is COc1cc(OC(F)(F)F)ccc1[C@@H](N)CCC(F)(F)F.Cl. The van der Waals surface area contributed by atoms with Crippen molar-refractivity contribution in [1.82, 2.24) is 0 Å². The molecule has 2 N–H and O–H groups in total. The van der Waals surface area contributed by atoms with Gasteiger partial charge in [-0.05, 0) is 12.5 Å². The molecule has 0 heterocycles. The molecular formula is C12H14ClF6NO2. The lowest BCUT2D eigenvalue weighted by atomic mass is 10.0. The Morgan fingerprint density at radius 3 is 2.18 bits per heavy atom. The fourth-order valence-electron chi connectivity index (χ4n) is 1.67. The summed E-state index contributed by atoms with van der Waals surface area (Å²) in [5.41, 5.74) is 5.79. The Kier molecular flexibility index (Phi) is 7.30. The third-order valence-electron chi connectivity index (χ3n) is 2.58. The number of benzene rings is 1. The molecule has 22 heavy (non-hydrogen) atoms. The normalized spacial score (nSPS) is 13.3. The standard InChI is InChI=1S/C12H13F6NO2.ClH/c1-20-10-6-7(21-12(16,17)18)2-3-8(10)9(19)4-5-11(13,14)15;/h2-3,6,9H,4-5,19H2,1H3;1H/t9-;/m0./s1. The number of hydrogen-bond acceptors (Lipinski definition) is 3. The second-order valence-electron chi connectivity index (χ2n) is 4.21. The van der Waals surface area contributed by atoms with Crippen LogP contribution in [0.5, 0.6) is 11.5 Å². The predicted molar refractivity (Wildman–Crippen MR) is 69.1 cm³/mol. The zero-order valence-electron chi connectivity index (χ0n) is 11.3. The molecule has 0 bridgehead atoms. The third kappa shape index (κ3) is 7.08. The van der Waals surface area contributed by atoms with E-state index in [1.54, 1.807) is 0 Å². The predicted octanol–water partition coefficient (Wildman–Crippen LogP) is 4.36. The third-order valence-corrected chi connectivity index (χ3v) is 2.58. The highest BCUT2D eigenvalue weighted by atomic mass is 35.5. The van der Waals surface area contributed by atoms with E-state index in [0.29, 0.717) is 0 Å². The molecule has 1 aromatic rings. The zero-order chi connectivity index (χ0) is 16.3. The van der Waals surface area contributed by atoms with Gasteiger partial charge in [0, 0.05) is 24.1 Å². The van der Waals surface area contributed by atoms with E-state index < -0.39 is 37.2 Å². The van der Waals surface area contributed by atoms with Crippen molar-refractivity contribution in [3.63, 3.8) is 0 Å². The first-order valence-electron chi connectivity index (χ1n) is 5.78. The lowest BCUT2D eigenvalue weighted by Crippen LogP contribution is -2.18. The van der Waals surface area contributed by atoms with Crippen molar-refractivity contribution >= 4 is 12.4 Å². The van der Waals surface area contributed by atoms with Crippen LogP contribution in [0, 0.1) is 0 Å². The van der Waals surface area contributed by atoms with Crippen molar-refractivity contribution in [2.45, 2.75) is 31.4 Å². The summed E-state index contributed by atoms with van der Waals surface area (Å²) in [4.78, 5) is 0. The number of methoxy groups -OCH3 is 1. The molecule has 1 rings (SSSR count). The van der Waals surface area contributed by atoms with Gasteiger partial charge >= 0.3 is 12.5 Å². The molecular weight excluding hydrogens is 340 g/mol. The summed E-state index contributed by atoms with van der Waals surface area (Å²) >= 11 is 0. The average Bonchev–Trinajstić information content (AvgIpc) is 2.33. The van der Waals surface area contributed by atoms with E-state index in [4.69, 9.17) is 10.5 Å². The molecule has 1 atom stereocenters. The Morgan fingerprint density at radius 1 is 1.14 bits per heavy atom. The van der Waals surface area contributed by atoms with E-state index in [-0.39, 0.29) is 23.7 Å². The fraction of sp³-hybridized carbons (Fsp3) is 0.500.